The van der Waals surface area contributed by atoms with Crippen molar-refractivity contribution in [1.29, 1.82) is 0 Å². The van der Waals surface area contributed by atoms with Gasteiger partial charge in [-0.2, -0.15) is 5.10 Å². The van der Waals surface area contributed by atoms with Gasteiger partial charge < -0.3 is 15.2 Å². The molecule has 3 aromatic carbocycles. The molecular formula is C30H27ClF2N6O6S. The van der Waals surface area contributed by atoms with Gasteiger partial charge in [0.2, 0.25) is 0 Å². The number of aryl methyl sites for hydroxylation is 1. The molecule has 0 radical (unpaired) electrons. The van der Waals surface area contributed by atoms with Gasteiger partial charge in [-0.25, -0.2) is 22.8 Å². The quantitative estimate of drug-likeness (QED) is 0.193. The first kappa shape index (κ1) is 32.5. The molecule has 2 aromatic heterocycles. The average Bonchev–Trinajstić information content (AvgIpc) is 3.34. The van der Waals surface area contributed by atoms with Gasteiger partial charge in [0.25, 0.3) is 16.8 Å². The molecule has 0 spiro atoms. The van der Waals surface area contributed by atoms with Crippen molar-refractivity contribution in [1.82, 2.24) is 19.3 Å². The molecule has 12 nitrogen and oxygen atoms in total. The Hall–Kier alpha value is -4.86. The van der Waals surface area contributed by atoms with Crippen molar-refractivity contribution in [3.63, 3.8) is 0 Å². The predicted molar refractivity (Wildman–Crippen MR) is 167 cm³/mol. The molecule has 5 rings (SSSR count). The Bertz CT molecular complexity index is 1980. The van der Waals surface area contributed by atoms with Crippen LogP contribution >= 0.6 is 11.6 Å². The standard InChI is InChI=1S/C30H27ClF2N6O6S/c1-37-27-23(39-25(40)9-11-35-28(39)24(45-30(34)41)15-18-13-19(32)16-20(33)14-18)8-7-22(31)26(27)29(36-37)38(46(42)43)12-10-17-3-5-21(44-2)6-4-17/h3-9,11,13-14,16,24H,10,12,15H2,1-2H3,(H2,34,41)(H,42,43). The van der Waals surface area contributed by atoms with E-state index in [1.165, 1.54) is 23.0 Å². The first-order valence-corrected chi connectivity index (χ1v) is 15.1. The molecule has 0 aliphatic carbocycles. The summed E-state index contributed by atoms with van der Waals surface area (Å²) in [6.07, 6.45) is -1.31. The van der Waals surface area contributed by atoms with Gasteiger partial charge >= 0.3 is 6.09 Å². The zero-order valence-corrected chi connectivity index (χ0v) is 26.0. The highest BCUT2D eigenvalue weighted by atomic mass is 35.5. The van der Waals surface area contributed by atoms with E-state index in [2.05, 4.69) is 10.1 Å². The zero-order valence-electron chi connectivity index (χ0n) is 24.4. The first-order chi connectivity index (χ1) is 22.0. The first-order valence-electron chi connectivity index (χ1n) is 13.6. The van der Waals surface area contributed by atoms with E-state index in [1.807, 2.05) is 12.1 Å². The molecule has 0 saturated heterocycles. The van der Waals surface area contributed by atoms with Gasteiger partial charge in [0.15, 0.2) is 17.7 Å². The van der Waals surface area contributed by atoms with Crippen molar-refractivity contribution in [2.24, 2.45) is 12.8 Å². The molecule has 1 amide bonds. The van der Waals surface area contributed by atoms with Crippen LogP contribution in [0.4, 0.5) is 19.4 Å². The highest BCUT2D eigenvalue weighted by Gasteiger charge is 2.28. The molecule has 46 heavy (non-hydrogen) atoms. The maximum absolute atomic E-state index is 14.0. The number of primary amides is 1. The van der Waals surface area contributed by atoms with Crippen LogP contribution in [0.15, 0.2) is 71.7 Å². The van der Waals surface area contributed by atoms with Crippen molar-refractivity contribution in [3.05, 3.63) is 111 Å². The minimum Gasteiger partial charge on any atom is -0.497 e. The van der Waals surface area contributed by atoms with Crippen LogP contribution in [0.25, 0.3) is 16.6 Å². The number of ether oxygens (including phenoxy) is 2. The highest BCUT2D eigenvalue weighted by Crippen LogP contribution is 2.37. The number of methoxy groups -OCH3 is 1. The van der Waals surface area contributed by atoms with Crippen LogP contribution in [0.3, 0.4) is 0 Å². The van der Waals surface area contributed by atoms with Crippen LogP contribution in [-0.4, -0.2) is 47.8 Å². The largest absolute Gasteiger partial charge is 0.497 e. The number of amides is 1. The fraction of sp³-hybridized carbons (Fsp3) is 0.200. The number of fused-ring (bicyclic) bond motifs is 1. The lowest BCUT2D eigenvalue weighted by Crippen LogP contribution is -2.29. The SMILES string of the molecule is COc1ccc(CCN(c2nn(C)c3c(-n4c(C(Cc5cc(F)cc(F)c5)OC(N)=O)nccc4=O)ccc(Cl)c23)S(=O)O)cc1. The molecule has 0 aliphatic rings. The second-order valence-electron chi connectivity index (χ2n) is 10.1. The Morgan fingerprint density at radius 2 is 1.80 bits per heavy atom. The smallest absolute Gasteiger partial charge is 0.405 e. The van der Waals surface area contributed by atoms with E-state index < -0.39 is 40.7 Å². The van der Waals surface area contributed by atoms with Crippen molar-refractivity contribution >= 4 is 45.7 Å². The van der Waals surface area contributed by atoms with Crippen molar-refractivity contribution < 1.29 is 31.8 Å². The molecule has 5 aromatic rings. The molecule has 240 valence electrons. The number of anilines is 1. The number of hydrogen-bond donors (Lipinski definition) is 2. The lowest BCUT2D eigenvalue weighted by atomic mass is 10.1. The van der Waals surface area contributed by atoms with Gasteiger partial charge in [0, 0.05) is 38.3 Å². The third-order valence-electron chi connectivity index (χ3n) is 7.09. The van der Waals surface area contributed by atoms with Gasteiger partial charge in [-0.1, -0.05) is 23.7 Å². The highest BCUT2D eigenvalue weighted by molar-refractivity contribution is 7.80. The Labute approximate surface area is 268 Å². The summed E-state index contributed by atoms with van der Waals surface area (Å²) < 4.78 is 65.1. The molecule has 0 saturated carbocycles. The van der Waals surface area contributed by atoms with Gasteiger partial charge in [-0.15, -0.1) is 0 Å². The third kappa shape index (κ3) is 6.85. The minimum atomic E-state index is -2.52. The Morgan fingerprint density at radius 3 is 2.43 bits per heavy atom. The summed E-state index contributed by atoms with van der Waals surface area (Å²) in [6, 6.07) is 14.1. The Kier molecular flexibility index (Phi) is 9.65. The summed E-state index contributed by atoms with van der Waals surface area (Å²) >= 11 is 4.12. The molecule has 3 N–H and O–H groups in total. The van der Waals surface area contributed by atoms with Crippen molar-refractivity contribution in [2.75, 3.05) is 18.0 Å². The lowest BCUT2D eigenvalue weighted by molar-refractivity contribution is 0.0997. The molecule has 16 heteroatoms. The van der Waals surface area contributed by atoms with Crippen LogP contribution in [0, 0.1) is 11.6 Å². The van der Waals surface area contributed by atoms with Crippen molar-refractivity contribution in [3.8, 4) is 11.4 Å². The number of aromatic nitrogens is 4. The van der Waals surface area contributed by atoms with Gasteiger partial charge in [-0.3, -0.25) is 22.9 Å². The number of carbonyl (C=O) groups excluding carboxylic acids is 1. The molecular weight excluding hydrogens is 646 g/mol. The number of rotatable bonds is 11. The molecule has 0 aliphatic heterocycles. The predicted octanol–water partition coefficient (Wildman–Crippen LogP) is 4.62. The van der Waals surface area contributed by atoms with Gasteiger partial charge in [0.1, 0.15) is 17.4 Å². The summed E-state index contributed by atoms with van der Waals surface area (Å²) in [5, 5.41) is 4.92. The van der Waals surface area contributed by atoms with Crippen LogP contribution in [0.2, 0.25) is 5.02 Å². The number of benzene rings is 3. The molecule has 2 atom stereocenters. The molecule has 2 unspecified atom stereocenters. The second-order valence-corrected chi connectivity index (χ2v) is 11.4. The molecule has 2 heterocycles. The number of nitrogens with two attached hydrogens (primary N) is 1. The molecule has 0 bridgehead atoms. The molecule has 0 fully saturated rings. The summed E-state index contributed by atoms with van der Waals surface area (Å²) in [4.78, 5) is 29.7. The fourth-order valence-electron chi connectivity index (χ4n) is 5.13. The lowest BCUT2D eigenvalue weighted by Gasteiger charge is -2.21. The maximum Gasteiger partial charge on any atom is 0.405 e. The van der Waals surface area contributed by atoms with Crippen LogP contribution in [0.1, 0.15) is 23.1 Å². The Balaban J connectivity index is 1.63. The van der Waals surface area contributed by atoms with Crippen molar-refractivity contribution in [2.45, 2.75) is 18.9 Å². The maximum atomic E-state index is 14.0. The number of nitrogens with zero attached hydrogens (tertiary/aromatic N) is 5. The fourth-order valence-corrected chi connectivity index (χ4v) is 5.89. The normalized spacial score (nSPS) is 12.6. The van der Waals surface area contributed by atoms with E-state index in [9.17, 15) is 27.1 Å². The van der Waals surface area contributed by atoms with Gasteiger partial charge in [-0.05, 0) is 53.9 Å². The topological polar surface area (TPSA) is 155 Å². The van der Waals surface area contributed by atoms with E-state index >= 15 is 0 Å². The van der Waals surface area contributed by atoms with Crippen LogP contribution < -0.4 is 20.3 Å². The summed E-state index contributed by atoms with van der Waals surface area (Å²) in [7, 11) is 3.11. The number of carbonyl (C=O) groups is 1. The van der Waals surface area contributed by atoms with E-state index in [-0.39, 0.29) is 51.8 Å². The van der Waals surface area contributed by atoms with E-state index in [4.69, 9.17) is 26.8 Å². The summed E-state index contributed by atoms with van der Waals surface area (Å²) in [6.45, 7) is 0.0684. The summed E-state index contributed by atoms with van der Waals surface area (Å²) in [5.41, 5.74) is 6.15. The number of hydrogen-bond acceptors (Lipinski definition) is 7. The van der Waals surface area contributed by atoms with Gasteiger partial charge in [0.05, 0.1) is 28.7 Å². The van der Waals surface area contributed by atoms with Crippen LogP contribution in [-0.2, 0) is 35.9 Å². The van der Waals surface area contributed by atoms with E-state index in [0.29, 0.717) is 18.2 Å². The zero-order chi connectivity index (χ0) is 33.1. The second kappa shape index (κ2) is 13.6. The van der Waals surface area contributed by atoms with E-state index in [0.717, 1.165) is 32.6 Å². The minimum absolute atomic E-state index is 0.0670. The van der Waals surface area contributed by atoms with E-state index in [1.54, 1.807) is 26.3 Å². The monoisotopic (exact) mass is 672 g/mol. The average molecular weight is 673 g/mol. The third-order valence-corrected chi connectivity index (χ3v) is 8.14. The number of halogens is 3. The van der Waals surface area contributed by atoms with Crippen LogP contribution in [0.5, 0.6) is 5.75 Å². The summed E-state index contributed by atoms with van der Waals surface area (Å²) in [5.74, 6) is -1.10. The Morgan fingerprint density at radius 1 is 1.11 bits per heavy atom.